The van der Waals surface area contributed by atoms with Gasteiger partial charge in [0.2, 0.25) is 0 Å². The molecule has 0 unspecified atom stereocenters. The molecule has 0 saturated heterocycles. The highest BCUT2D eigenvalue weighted by Gasteiger charge is 2.21. The zero-order chi connectivity index (χ0) is 13.0. The van der Waals surface area contributed by atoms with Gasteiger partial charge in [0.05, 0.1) is 11.3 Å². The first-order chi connectivity index (χ1) is 8.72. The van der Waals surface area contributed by atoms with E-state index in [1.54, 1.807) is 0 Å². The van der Waals surface area contributed by atoms with Gasteiger partial charge >= 0.3 is 0 Å². The van der Waals surface area contributed by atoms with Crippen LogP contribution in [0.5, 0.6) is 0 Å². The maximum Gasteiger partial charge on any atom is 0.255 e. The molecule has 0 spiro atoms. The molecule has 2 rings (SSSR count). The first-order valence-corrected chi connectivity index (χ1v) is 6.53. The van der Waals surface area contributed by atoms with Gasteiger partial charge in [-0.1, -0.05) is 25.0 Å². The molecular weight excluding hydrogens is 226 g/mol. The van der Waals surface area contributed by atoms with Gasteiger partial charge in [-0.2, -0.15) is 0 Å². The molecular formula is C14H21N3O. The van der Waals surface area contributed by atoms with E-state index in [9.17, 15) is 4.79 Å². The molecule has 0 heterocycles. The fourth-order valence-electron chi connectivity index (χ4n) is 2.66. The molecule has 4 nitrogen and oxygen atoms in total. The smallest absolute Gasteiger partial charge is 0.255 e. The van der Waals surface area contributed by atoms with Crippen molar-refractivity contribution in [3.8, 4) is 0 Å². The number of carbonyl (C=O) groups excluding carboxylic acids is 1. The molecule has 4 heteroatoms. The van der Waals surface area contributed by atoms with E-state index in [2.05, 4.69) is 5.43 Å². The largest absolute Gasteiger partial charge is 0.341 e. The lowest BCUT2D eigenvalue weighted by atomic mass is 10.1. The summed E-state index contributed by atoms with van der Waals surface area (Å²) in [6, 6.07) is 7.35. The van der Waals surface area contributed by atoms with E-state index in [0.717, 1.165) is 6.54 Å². The van der Waals surface area contributed by atoms with Crippen LogP contribution in [0, 0.1) is 5.92 Å². The number of anilines is 1. The molecule has 98 valence electrons. The summed E-state index contributed by atoms with van der Waals surface area (Å²) in [6.07, 6.45) is 5.09. The molecule has 0 atom stereocenters. The number of nitrogen functional groups attached to an aromatic ring is 1. The Morgan fingerprint density at radius 2 is 2.06 bits per heavy atom. The Bertz CT molecular complexity index is 413. The second-order valence-electron chi connectivity index (χ2n) is 5.03. The van der Waals surface area contributed by atoms with Crippen LogP contribution in [0.1, 0.15) is 36.0 Å². The Labute approximate surface area is 108 Å². The average molecular weight is 247 g/mol. The number of nitrogens with zero attached hydrogens (tertiary/aromatic N) is 1. The maximum atomic E-state index is 12.3. The molecule has 1 amide bonds. The summed E-state index contributed by atoms with van der Waals surface area (Å²) in [5.74, 6) is 6.13. The third-order valence-corrected chi connectivity index (χ3v) is 3.67. The van der Waals surface area contributed by atoms with Crippen molar-refractivity contribution in [3.05, 3.63) is 29.8 Å². The Morgan fingerprint density at radius 3 is 2.72 bits per heavy atom. The molecule has 1 aromatic rings. The van der Waals surface area contributed by atoms with Crippen LogP contribution in [-0.4, -0.2) is 24.4 Å². The van der Waals surface area contributed by atoms with Crippen molar-refractivity contribution in [1.29, 1.82) is 0 Å². The predicted octanol–water partition coefficient (Wildman–Crippen LogP) is 2.23. The van der Waals surface area contributed by atoms with Crippen LogP contribution >= 0.6 is 0 Å². The zero-order valence-electron chi connectivity index (χ0n) is 10.9. The number of hydrogen-bond donors (Lipinski definition) is 2. The highest BCUT2D eigenvalue weighted by atomic mass is 16.2. The van der Waals surface area contributed by atoms with Crippen molar-refractivity contribution < 1.29 is 4.79 Å². The van der Waals surface area contributed by atoms with Gasteiger partial charge in [-0.15, -0.1) is 0 Å². The molecule has 0 bridgehead atoms. The highest BCUT2D eigenvalue weighted by Crippen LogP contribution is 2.26. The summed E-state index contributed by atoms with van der Waals surface area (Å²) in [5.41, 5.74) is 3.90. The lowest BCUT2D eigenvalue weighted by Crippen LogP contribution is -2.31. The first kappa shape index (κ1) is 12.9. The van der Waals surface area contributed by atoms with Crippen LogP contribution < -0.4 is 11.3 Å². The normalized spacial score (nSPS) is 15.7. The van der Waals surface area contributed by atoms with Crippen LogP contribution in [0.25, 0.3) is 0 Å². The van der Waals surface area contributed by atoms with Crippen molar-refractivity contribution in [2.75, 3.05) is 19.0 Å². The molecule has 18 heavy (non-hydrogen) atoms. The number of amides is 1. The number of rotatable bonds is 4. The van der Waals surface area contributed by atoms with Crippen LogP contribution in [0.3, 0.4) is 0 Å². The Kier molecular flexibility index (Phi) is 4.20. The number of nitrogens with one attached hydrogen (secondary N) is 1. The van der Waals surface area contributed by atoms with Crippen LogP contribution in [0.2, 0.25) is 0 Å². The third-order valence-electron chi connectivity index (χ3n) is 3.67. The van der Waals surface area contributed by atoms with E-state index in [4.69, 9.17) is 5.84 Å². The summed E-state index contributed by atoms with van der Waals surface area (Å²) in [5, 5.41) is 0. The maximum absolute atomic E-state index is 12.3. The standard InChI is InChI=1S/C14H21N3O/c1-17(10-11-6-2-3-7-11)14(18)12-8-4-5-9-13(12)16-15/h4-5,8-9,11,16H,2-3,6-7,10,15H2,1H3. The summed E-state index contributed by atoms with van der Waals surface area (Å²) >= 11 is 0. The number of hydrazine groups is 1. The molecule has 0 aromatic heterocycles. The second kappa shape index (κ2) is 5.87. The van der Waals surface area contributed by atoms with Crippen molar-refractivity contribution in [2.24, 2.45) is 11.8 Å². The topological polar surface area (TPSA) is 58.4 Å². The molecule has 0 radical (unpaired) electrons. The fourth-order valence-corrected chi connectivity index (χ4v) is 2.66. The van der Waals surface area contributed by atoms with Gasteiger partial charge in [0, 0.05) is 13.6 Å². The summed E-state index contributed by atoms with van der Waals surface area (Å²) in [7, 11) is 1.87. The van der Waals surface area contributed by atoms with Crippen LogP contribution in [0.15, 0.2) is 24.3 Å². The predicted molar refractivity (Wildman–Crippen MR) is 73.2 cm³/mol. The number of carbonyl (C=O) groups is 1. The zero-order valence-corrected chi connectivity index (χ0v) is 10.9. The van der Waals surface area contributed by atoms with E-state index >= 15 is 0 Å². The van der Waals surface area contributed by atoms with Gasteiger partial charge in [-0.3, -0.25) is 10.6 Å². The number of nitrogens with two attached hydrogens (primary N) is 1. The average Bonchev–Trinajstić information content (AvgIpc) is 2.90. The summed E-state index contributed by atoms with van der Waals surface area (Å²) in [4.78, 5) is 14.2. The quantitative estimate of drug-likeness (QED) is 0.633. The van der Waals surface area contributed by atoms with E-state index in [1.165, 1.54) is 25.7 Å². The number of para-hydroxylation sites is 1. The van der Waals surface area contributed by atoms with Crippen molar-refractivity contribution in [1.82, 2.24) is 4.90 Å². The summed E-state index contributed by atoms with van der Waals surface area (Å²) < 4.78 is 0. The molecule has 1 saturated carbocycles. The van der Waals surface area contributed by atoms with E-state index < -0.39 is 0 Å². The molecule has 0 aliphatic heterocycles. The van der Waals surface area contributed by atoms with Gasteiger partial charge in [0.25, 0.3) is 5.91 Å². The van der Waals surface area contributed by atoms with E-state index in [-0.39, 0.29) is 5.91 Å². The molecule has 1 aliphatic carbocycles. The summed E-state index contributed by atoms with van der Waals surface area (Å²) in [6.45, 7) is 0.845. The minimum Gasteiger partial charge on any atom is -0.341 e. The van der Waals surface area contributed by atoms with Crippen molar-refractivity contribution in [3.63, 3.8) is 0 Å². The van der Waals surface area contributed by atoms with Crippen LogP contribution in [-0.2, 0) is 0 Å². The highest BCUT2D eigenvalue weighted by molar-refractivity contribution is 5.99. The van der Waals surface area contributed by atoms with Gasteiger partial charge in [0.1, 0.15) is 0 Å². The van der Waals surface area contributed by atoms with E-state index in [0.29, 0.717) is 17.2 Å². The first-order valence-electron chi connectivity index (χ1n) is 6.53. The van der Waals surface area contributed by atoms with Gasteiger partial charge in [-0.25, -0.2) is 0 Å². The second-order valence-corrected chi connectivity index (χ2v) is 5.03. The van der Waals surface area contributed by atoms with Gasteiger partial charge in [0.15, 0.2) is 0 Å². The van der Waals surface area contributed by atoms with Gasteiger partial charge < -0.3 is 10.3 Å². The number of benzene rings is 1. The van der Waals surface area contributed by atoms with Crippen molar-refractivity contribution >= 4 is 11.6 Å². The lowest BCUT2D eigenvalue weighted by molar-refractivity contribution is 0.0774. The minimum atomic E-state index is 0.0375. The van der Waals surface area contributed by atoms with Crippen LogP contribution in [0.4, 0.5) is 5.69 Å². The monoisotopic (exact) mass is 247 g/mol. The molecule has 1 aliphatic rings. The third kappa shape index (κ3) is 2.82. The Hall–Kier alpha value is -1.55. The van der Waals surface area contributed by atoms with Crippen molar-refractivity contribution in [2.45, 2.75) is 25.7 Å². The fraction of sp³-hybridized carbons (Fsp3) is 0.500. The Balaban J connectivity index is 2.05. The number of hydrogen-bond acceptors (Lipinski definition) is 3. The molecule has 1 fully saturated rings. The van der Waals surface area contributed by atoms with E-state index in [1.807, 2.05) is 36.2 Å². The minimum absolute atomic E-state index is 0.0375. The van der Waals surface area contributed by atoms with Gasteiger partial charge in [-0.05, 0) is 30.9 Å². The SMILES string of the molecule is CN(CC1CCCC1)C(=O)c1ccccc1NN. The molecule has 3 N–H and O–H groups in total. The lowest BCUT2D eigenvalue weighted by Gasteiger charge is -2.22. The molecule has 1 aromatic carbocycles. The Morgan fingerprint density at radius 1 is 1.39 bits per heavy atom.